The van der Waals surface area contributed by atoms with E-state index >= 15 is 0 Å². The van der Waals surface area contributed by atoms with E-state index in [1.165, 1.54) is 6.20 Å². The second kappa shape index (κ2) is 9.17. The number of aryl methyl sites for hydroxylation is 1. The molecule has 0 bridgehead atoms. The Bertz CT molecular complexity index is 491. The lowest BCUT2D eigenvalue weighted by atomic mass is 10.3. The van der Waals surface area contributed by atoms with E-state index in [9.17, 15) is 8.42 Å². The highest BCUT2D eigenvalue weighted by atomic mass is 32.2. The summed E-state index contributed by atoms with van der Waals surface area (Å²) in [6, 6.07) is 0. The first-order chi connectivity index (χ1) is 10.1. The highest BCUT2D eigenvalue weighted by Gasteiger charge is 2.24. The Hall–Kier alpha value is -0.920. The van der Waals surface area contributed by atoms with E-state index in [4.69, 9.17) is 5.73 Å². The van der Waals surface area contributed by atoms with Crippen LogP contribution in [-0.4, -0.2) is 42.1 Å². The van der Waals surface area contributed by atoms with Crippen LogP contribution in [0.15, 0.2) is 17.3 Å². The van der Waals surface area contributed by atoms with Gasteiger partial charge in [0.25, 0.3) is 0 Å². The van der Waals surface area contributed by atoms with Gasteiger partial charge in [-0.15, -0.1) is 0 Å². The first-order valence-corrected chi connectivity index (χ1v) is 9.22. The molecule has 0 saturated heterocycles. The Labute approximate surface area is 128 Å². The van der Waals surface area contributed by atoms with E-state index in [0.717, 1.165) is 32.1 Å². The van der Waals surface area contributed by atoms with E-state index in [1.54, 1.807) is 15.2 Å². The van der Waals surface area contributed by atoms with Crippen molar-refractivity contribution in [1.82, 2.24) is 14.1 Å². The van der Waals surface area contributed by atoms with E-state index in [2.05, 4.69) is 18.9 Å². The van der Waals surface area contributed by atoms with Gasteiger partial charge in [0.1, 0.15) is 4.90 Å². The lowest BCUT2D eigenvalue weighted by molar-refractivity contribution is 0.395. The molecule has 0 aliphatic rings. The number of hydrogen-bond donors (Lipinski definition) is 1. The minimum Gasteiger partial charge on any atom is -0.330 e. The maximum absolute atomic E-state index is 12.7. The summed E-state index contributed by atoms with van der Waals surface area (Å²) in [4.78, 5) is 0.284. The average molecular weight is 316 g/mol. The molecule has 7 heteroatoms. The molecule has 1 rings (SSSR count). The SMILES string of the molecule is CCCCN(CCCC)S(=O)(=O)c1cnn(CCCN)c1. The molecule has 1 aromatic heterocycles. The zero-order valence-electron chi connectivity index (χ0n) is 13.2. The number of nitrogens with two attached hydrogens (primary N) is 1. The number of nitrogens with zero attached hydrogens (tertiary/aromatic N) is 3. The van der Waals surface area contributed by atoms with Crippen molar-refractivity contribution in [1.29, 1.82) is 0 Å². The smallest absolute Gasteiger partial charge is 0.246 e. The van der Waals surface area contributed by atoms with Gasteiger partial charge in [-0.05, 0) is 25.8 Å². The van der Waals surface area contributed by atoms with Gasteiger partial charge in [0.05, 0.1) is 6.20 Å². The number of rotatable bonds is 11. The maximum Gasteiger partial charge on any atom is 0.246 e. The molecular weight excluding hydrogens is 288 g/mol. The molecule has 0 atom stereocenters. The largest absolute Gasteiger partial charge is 0.330 e. The molecule has 122 valence electrons. The van der Waals surface area contributed by atoms with Crippen LogP contribution in [0.1, 0.15) is 46.0 Å². The van der Waals surface area contributed by atoms with E-state index in [-0.39, 0.29) is 4.90 Å². The number of sulfonamides is 1. The van der Waals surface area contributed by atoms with E-state index in [0.29, 0.717) is 26.2 Å². The third kappa shape index (κ3) is 5.41. The van der Waals surface area contributed by atoms with Crippen molar-refractivity contribution in [2.75, 3.05) is 19.6 Å². The molecule has 6 nitrogen and oxygen atoms in total. The van der Waals surface area contributed by atoms with Crippen LogP contribution in [0.4, 0.5) is 0 Å². The molecule has 0 aliphatic carbocycles. The fourth-order valence-corrected chi connectivity index (χ4v) is 3.50. The molecule has 0 aliphatic heterocycles. The first-order valence-electron chi connectivity index (χ1n) is 7.78. The summed E-state index contributed by atoms with van der Waals surface area (Å²) in [5.74, 6) is 0. The van der Waals surface area contributed by atoms with Gasteiger partial charge in [-0.25, -0.2) is 8.42 Å². The minimum atomic E-state index is -3.43. The molecule has 0 unspecified atom stereocenters. The van der Waals surface area contributed by atoms with Gasteiger partial charge in [-0.2, -0.15) is 9.40 Å². The zero-order chi connectivity index (χ0) is 15.7. The second-order valence-electron chi connectivity index (χ2n) is 5.19. The third-order valence-corrected chi connectivity index (χ3v) is 5.21. The van der Waals surface area contributed by atoms with E-state index in [1.807, 2.05) is 0 Å². The van der Waals surface area contributed by atoms with Crippen LogP contribution < -0.4 is 5.73 Å². The number of aromatic nitrogens is 2. The summed E-state index contributed by atoms with van der Waals surface area (Å²) in [5, 5.41) is 4.12. The summed E-state index contributed by atoms with van der Waals surface area (Å²) >= 11 is 0. The van der Waals surface area contributed by atoms with Gasteiger partial charge in [0.15, 0.2) is 0 Å². The number of unbranched alkanes of at least 4 members (excludes halogenated alkanes) is 2. The van der Waals surface area contributed by atoms with Gasteiger partial charge in [-0.3, -0.25) is 4.68 Å². The topological polar surface area (TPSA) is 81.2 Å². The lowest BCUT2D eigenvalue weighted by Gasteiger charge is -2.20. The average Bonchev–Trinajstić information content (AvgIpc) is 2.94. The fourth-order valence-electron chi connectivity index (χ4n) is 2.02. The summed E-state index contributed by atoms with van der Waals surface area (Å²) in [7, 11) is -3.43. The van der Waals surface area contributed by atoms with Crippen LogP contribution in [0, 0.1) is 0 Å². The normalized spacial score (nSPS) is 12.2. The van der Waals surface area contributed by atoms with Crippen LogP contribution in [0.2, 0.25) is 0 Å². The van der Waals surface area contributed by atoms with Crippen molar-refractivity contribution in [2.24, 2.45) is 5.73 Å². The molecule has 0 radical (unpaired) electrons. The second-order valence-corrected chi connectivity index (χ2v) is 7.13. The van der Waals surface area contributed by atoms with Crippen molar-refractivity contribution in [2.45, 2.75) is 57.4 Å². The van der Waals surface area contributed by atoms with Crippen molar-refractivity contribution in [3.63, 3.8) is 0 Å². The summed E-state index contributed by atoms with van der Waals surface area (Å²) in [6.07, 6.45) is 7.56. The fraction of sp³-hybridized carbons (Fsp3) is 0.786. The summed E-state index contributed by atoms with van der Waals surface area (Å²) < 4.78 is 28.6. The Morgan fingerprint density at radius 3 is 2.33 bits per heavy atom. The number of hydrogen-bond acceptors (Lipinski definition) is 4. The van der Waals surface area contributed by atoms with Gasteiger partial charge >= 0.3 is 0 Å². The van der Waals surface area contributed by atoms with Gasteiger partial charge in [-0.1, -0.05) is 26.7 Å². The molecule has 1 heterocycles. The van der Waals surface area contributed by atoms with Crippen LogP contribution in [-0.2, 0) is 16.6 Å². The molecule has 21 heavy (non-hydrogen) atoms. The minimum absolute atomic E-state index is 0.284. The zero-order valence-corrected chi connectivity index (χ0v) is 14.0. The molecular formula is C14H28N4O2S. The summed E-state index contributed by atoms with van der Waals surface area (Å²) in [5.41, 5.74) is 5.46. The highest BCUT2D eigenvalue weighted by Crippen LogP contribution is 2.16. The quantitative estimate of drug-likeness (QED) is 0.675. The van der Waals surface area contributed by atoms with Crippen LogP contribution in [0.3, 0.4) is 0 Å². The van der Waals surface area contributed by atoms with Crippen molar-refractivity contribution in [3.05, 3.63) is 12.4 Å². The predicted molar refractivity (Wildman–Crippen MR) is 84.5 cm³/mol. The highest BCUT2D eigenvalue weighted by molar-refractivity contribution is 7.89. The third-order valence-electron chi connectivity index (χ3n) is 3.36. The Kier molecular flexibility index (Phi) is 7.92. The lowest BCUT2D eigenvalue weighted by Crippen LogP contribution is -2.32. The van der Waals surface area contributed by atoms with Crippen molar-refractivity contribution < 1.29 is 8.42 Å². The van der Waals surface area contributed by atoms with E-state index < -0.39 is 10.0 Å². The monoisotopic (exact) mass is 316 g/mol. The molecule has 2 N–H and O–H groups in total. The predicted octanol–water partition coefficient (Wildman–Crippen LogP) is 1.82. The molecule has 0 spiro atoms. The standard InChI is InChI=1S/C14H28N4O2S/c1-3-5-10-18(11-6-4-2)21(19,20)14-12-16-17(13-14)9-7-8-15/h12-13H,3-11,15H2,1-2H3. The Morgan fingerprint density at radius 2 is 1.81 bits per heavy atom. The molecule has 0 aromatic carbocycles. The molecule has 0 fully saturated rings. The molecule has 0 amide bonds. The maximum atomic E-state index is 12.7. The van der Waals surface area contributed by atoms with Crippen molar-refractivity contribution >= 4 is 10.0 Å². The molecule has 0 saturated carbocycles. The Balaban J connectivity index is 2.85. The van der Waals surface area contributed by atoms with Gasteiger partial charge < -0.3 is 5.73 Å². The van der Waals surface area contributed by atoms with Crippen LogP contribution in [0.25, 0.3) is 0 Å². The Morgan fingerprint density at radius 1 is 1.19 bits per heavy atom. The van der Waals surface area contributed by atoms with Crippen LogP contribution in [0.5, 0.6) is 0 Å². The van der Waals surface area contributed by atoms with Gasteiger partial charge in [0.2, 0.25) is 10.0 Å². The summed E-state index contributed by atoms with van der Waals surface area (Å²) in [6.45, 7) is 6.50. The van der Waals surface area contributed by atoms with Crippen LogP contribution >= 0.6 is 0 Å². The first kappa shape index (κ1) is 18.1. The molecule has 1 aromatic rings. The van der Waals surface area contributed by atoms with Gasteiger partial charge in [0, 0.05) is 25.8 Å². The van der Waals surface area contributed by atoms with Crippen molar-refractivity contribution in [3.8, 4) is 0 Å².